The predicted molar refractivity (Wildman–Crippen MR) is 137 cm³/mol. The standard InChI is InChI=1S/C28H22N4O5/c1-31-26(34)24(33)22(25-29-20-9-5-6-10-21(20)37-25)30-28(31)32-14-13-17-15-18(27(35)36)11-12-19(17)23(32)16-7-3-2-4-8-16/h2-12,15,23,33H,13-14H2,1H3,(H,35,36)/t23-/m1/s1. The molecule has 5 aromatic rings. The molecule has 0 saturated carbocycles. The minimum absolute atomic E-state index is 0.0341. The van der Waals surface area contributed by atoms with Crippen LogP contribution in [-0.2, 0) is 13.5 Å². The first kappa shape index (κ1) is 22.5. The van der Waals surface area contributed by atoms with E-state index in [1.165, 1.54) is 4.57 Å². The van der Waals surface area contributed by atoms with Crippen LogP contribution in [0, 0.1) is 0 Å². The molecule has 0 fully saturated rings. The van der Waals surface area contributed by atoms with Crippen molar-refractivity contribution in [2.45, 2.75) is 12.5 Å². The van der Waals surface area contributed by atoms with Crippen LogP contribution < -0.4 is 10.5 Å². The fourth-order valence-electron chi connectivity index (χ4n) is 4.93. The van der Waals surface area contributed by atoms with Gasteiger partial charge in [-0.1, -0.05) is 48.5 Å². The zero-order valence-corrected chi connectivity index (χ0v) is 19.8. The number of fused-ring (bicyclic) bond motifs is 2. The zero-order valence-electron chi connectivity index (χ0n) is 19.8. The highest BCUT2D eigenvalue weighted by Crippen LogP contribution is 2.39. The molecule has 184 valence electrons. The van der Waals surface area contributed by atoms with Gasteiger partial charge in [0.1, 0.15) is 5.52 Å². The number of benzene rings is 3. The van der Waals surface area contributed by atoms with Gasteiger partial charge in [0, 0.05) is 13.6 Å². The molecule has 1 atom stereocenters. The third kappa shape index (κ3) is 3.72. The second-order valence-electron chi connectivity index (χ2n) is 8.94. The molecule has 1 aliphatic rings. The van der Waals surface area contributed by atoms with Crippen LogP contribution in [0.1, 0.15) is 33.1 Å². The molecule has 1 aliphatic heterocycles. The van der Waals surface area contributed by atoms with Crippen molar-refractivity contribution in [2.75, 3.05) is 11.4 Å². The third-order valence-electron chi connectivity index (χ3n) is 6.73. The third-order valence-corrected chi connectivity index (χ3v) is 6.73. The largest absolute Gasteiger partial charge is 0.501 e. The number of hydrogen-bond donors (Lipinski definition) is 2. The fourth-order valence-corrected chi connectivity index (χ4v) is 4.93. The molecule has 0 unspecified atom stereocenters. The van der Waals surface area contributed by atoms with Crippen molar-refractivity contribution in [3.63, 3.8) is 0 Å². The van der Waals surface area contributed by atoms with Crippen LogP contribution in [0.15, 0.2) is 82.0 Å². The number of aromatic hydroxyl groups is 1. The van der Waals surface area contributed by atoms with Gasteiger partial charge in [-0.3, -0.25) is 9.36 Å². The van der Waals surface area contributed by atoms with Gasteiger partial charge in [0.15, 0.2) is 11.3 Å². The number of carbonyl (C=O) groups is 1. The molecule has 0 spiro atoms. The maximum atomic E-state index is 13.2. The molecule has 0 amide bonds. The van der Waals surface area contributed by atoms with Gasteiger partial charge in [-0.2, -0.15) is 0 Å². The molecule has 0 radical (unpaired) electrons. The van der Waals surface area contributed by atoms with E-state index >= 15 is 0 Å². The summed E-state index contributed by atoms with van der Waals surface area (Å²) >= 11 is 0. The van der Waals surface area contributed by atoms with Gasteiger partial charge >= 0.3 is 5.97 Å². The molecule has 3 heterocycles. The van der Waals surface area contributed by atoms with Crippen LogP contribution >= 0.6 is 0 Å². The van der Waals surface area contributed by atoms with Crippen molar-refractivity contribution < 1.29 is 19.4 Å². The highest BCUT2D eigenvalue weighted by Gasteiger charge is 2.33. The second kappa shape index (κ2) is 8.63. The molecule has 9 nitrogen and oxygen atoms in total. The maximum absolute atomic E-state index is 13.2. The predicted octanol–water partition coefficient (Wildman–Crippen LogP) is 4.14. The Hall–Kier alpha value is -4.92. The molecule has 0 bridgehead atoms. The number of carboxylic acids is 1. The van der Waals surface area contributed by atoms with E-state index in [4.69, 9.17) is 9.40 Å². The molecule has 0 saturated heterocycles. The quantitative estimate of drug-likeness (QED) is 0.382. The minimum Gasteiger partial charge on any atom is -0.501 e. The number of nitrogens with zero attached hydrogens (tertiary/aromatic N) is 4. The van der Waals surface area contributed by atoms with Crippen molar-refractivity contribution in [1.82, 2.24) is 14.5 Å². The number of carboxylic acid groups (broad SMARTS) is 1. The van der Waals surface area contributed by atoms with Crippen LogP contribution in [0.2, 0.25) is 0 Å². The van der Waals surface area contributed by atoms with E-state index in [1.54, 1.807) is 31.3 Å². The second-order valence-corrected chi connectivity index (χ2v) is 8.94. The Morgan fingerprint density at radius 3 is 2.54 bits per heavy atom. The van der Waals surface area contributed by atoms with Gasteiger partial charge in [0.2, 0.25) is 11.7 Å². The number of aromatic nitrogens is 3. The molecule has 6 rings (SSSR count). The first-order valence-corrected chi connectivity index (χ1v) is 11.8. The van der Waals surface area contributed by atoms with E-state index in [2.05, 4.69) is 4.98 Å². The smallest absolute Gasteiger partial charge is 0.335 e. The van der Waals surface area contributed by atoms with E-state index < -0.39 is 17.3 Å². The fraction of sp³-hybridized carbons (Fsp3) is 0.143. The van der Waals surface area contributed by atoms with E-state index in [0.29, 0.717) is 30.0 Å². The van der Waals surface area contributed by atoms with Crippen LogP contribution in [0.25, 0.3) is 22.7 Å². The van der Waals surface area contributed by atoms with Gasteiger partial charge in [0.25, 0.3) is 11.4 Å². The number of anilines is 1. The Balaban J connectivity index is 1.54. The first-order chi connectivity index (χ1) is 17.9. The first-order valence-electron chi connectivity index (χ1n) is 11.8. The van der Waals surface area contributed by atoms with Gasteiger partial charge in [-0.15, -0.1) is 0 Å². The van der Waals surface area contributed by atoms with Gasteiger partial charge in [0.05, 0.1) is 11.6 Å². The molecular formula is C28H22N4O5. The van der Waals surface area contributed by atoms with E-state index in [0.717, 1.165) is 16.7 Å². The summed E-state index contributed by atoms with van der Waals surface area (Å²) in [6, 6.07) is 21.7. The topological polar surface area (TPSA) is 122 Å². The lowest BCUT2D eigenvalue weighted by Gasteiger charge is -2.39. The highest BCUT2D eigenvalue weighted by atomic mass is 16.4. The average molecular weight is 495 g/mol. The lowest BCUT2D eigenvalue weighted by molar-refractivity contribution is 0.0696. The number of rotatable bonds is 4. The monoisotopic (exact) mass is 494 g/mol. The zero-order chi connectivity index (χ0) is 25.7. The minimum atomic E-state index is -0.980. The summed E-state index contributed by atoms with van der Waals surface area (Å²) < 4.78 is 7.13. The number of oxazole rings is 1. The summed E-state index contributed by atoms with van der Waals surface area (Å²) in [7, 11) is 1.56. The number of para-hydroxylation sites is 2. The van der Waals surface area contributed by atoms with E-state index in [-0.39, 0.29) is 23.2 Å². The van der Waals surface area contributed by atoms with Crippen LogP contribution in [-0.4, -0.2) is 37.3 Å². The molecular weight excluding hydrogens is 472 g/mol. The average Bonchev–Trinajstić information content (AvgIpc) is 3.35. The Morgan fingerprint density at radius 1 is 1.03 bits per heavy atom. The Bertz CT molecular complexity index is 1690. The lowest BCUT2D eigenvalue weighted by atomic mass is 9.87. The van der Waals surface area contributed by atoms with Crippen LogP contribution in [0.5, 0.6) is 5.75 Å². The normalized spacial score (nSPS) is 15.1. The van der Waals surface area contributed by atoms with Crippen molar-refractivity contribution in [3.8, 4) is 17.3 Å². The molecule has 3 aromatic carbocycles. The van der Waals surface area contributed by atoms with Crippen LogP contribution in [0.3, 0.4) is 0 Å². The van der Waals surface area contributed by atoms with Crippen molar-refractivity contribution in [3.05, 3.63) is 105 Å². The maximum Gasteiger partial charge on any atom is 0.335 e. The lowest BCUT2D eigenvalue weighted by Crippen LogP contribution is -2.40. The van der Waals surface area contributed by atoms with Crippen molar-refractivity contribution >= 4 is 23.0 Å². The van der Waals surface area contributed by atoms with Crippen LogP contribution in [0.4, 0.5) is 5.95 Å². The summed E-state index contributed by atoms with van der Waals surface area (Å²) in [6.07, 6.45) is 0.550. The molecule has 9 heteroatoms. The van der Waals surface area contributed by atoms with E-state index in [1.807, 2.05) is 53.4 Å². The van der Waals surface area contributed by atoms with Gasteiger partial charge in [-0.05, 0) is 47.4 Å². The molecule has 0 aliphatic carbocycles. The highest BCUT2D eigenvalue weighted by molar-refractivity contribution is 5.88. The van der Waals surface area contributed by atoms with Crippen molar-refractivity contribution in [2.24, 2.45) is 7.05 Å². The summed E-state index contributed by atoms with van der Waals surface area (Å²) in [5.74, 6) is -1.14. The Kier molecular flexibility index (Phi) is 5.26. The summed E-state index contributed by atoms with van der Waals surface area (Å²) in [5, 5.41) is 20.2. The van der Waals surface area contributed by atoms with Crippen molar-refractivity contribution in [1.29, 1.82) is 0 Å². The Morgan fingerprint density at radius 2 is 1.78 bits per heavy atom. The summed E-state index contributed by atoms with van der Waals surface area (Å²) in [5.41, 5.74) is 3.48. The number of hydrogen-bond acceptors (Lipinski definition) is 7. The molecule has 2 aromatic heterocycles. The van der Waals surface area contributed by atoms with Gasteiger partial charge in [-0.25, -0.2) is 14.8 Å². The molecule has 37 heavy (non-hydrogen) atoms. The summed E-state index contributed by atoms with van der Waals surface area (Å²) in [4.78, 5) is 35.9. The number of aromatic carboxylic acids is 1. The SMILES string of the molecule is Cn1c(N2CCc3cc(C(=O)O)ccc3[C@H]2c2ccccc2)nc(-c2nc3ccccc3o2)c(O)c1=O. The summed E-state index contributed by atoms with van der Waals surface area (Å²) in [6.45, 7) is 0.466. The molecule has 2 N–H and O–H groups in total. The van der Waals surface area contributed by atoms with E-state index in [9.17, 15) is 19.8 Å². The Labute approximate surface area is 210 Å². The van der Waals surface area contributed by atoms with Gasteiger partial charge < -0.3 is 19.5 Å².